The highest BCUT2D eigenvalue weighted by Crippen LogP contribution is 2.31. The first-order valence-electron chi connectivity index (χ1n) is 8.62. The molecule has 0 aliphatic carbocycles. The van der Waals surface area contributed by atoms with Gasteiger partial charge in [-0.05, 0) is 48.9 Å². The Labute approximate surface area is 166 Å². The zero-order valence-electron chi connectivity index (χ0n) is 15.8. The number of ether oxygens (including phenoxy) is 2. The van der Waals surface area contributed by atoms with Crippen molar-refractivity contribution in [3.05, 3.63) is 48.0 Å². The molecule has 0 unspecified atom stereocenters. The predicted octanol–water partition coefficient (Wildman–Crippen LogP) is 2.95. The molecule has 2 N–H and O–H groups in total. The summed E-state index contributed by atoms with van der Waals surface area (Å²) in [6.07, 6.45) is -0.603. The standard InChI is InChI=1S/C20H21N3O4S/c1-12-4-9-15-16(10-12)28-20(23-15)13-5-7-14(8-6-13)22-19(25)18(24)21-11-17(26-2)27-3/h4-10,17H,11H2,1-3H3,(H,21,24)(H,22,25). The average Bonchev–Trinajstić information content (AvgIpc) is 3.12. The van der Waals surface area contributed by atoms with Crippen molar-refractivity contribution in [2.75, 3.05) is 26.1 Å². The van der Waals surface area contributed by atoms with Crippen LogP contribution in [0, 0.1) is 6.92 Å². The number of nitrogens with one attached hydrogen (secondary N) is 2. The topological polar surface area (TPSA) is 89.5 Å². The van der Waals surface area contributed by atoms with Gasteiger partial charge < -0.3 is 20.1 Å². The number of thiazole rings is 1. The normalized spacial score (nSPS) is 11.0. The summed E-state index contributed by atoms with van der Waals surface area (Å²) < 4.78 is 11.0. The van der Waals surface area contributed by atoms with Crippen molar-refractivity contribution in [1.29, 1.82) is 0 Å². The van der Waals surface area contributed by atoms with E-state index in [0.29, 0.717) is 5.69 Å². The Kier molecular flexibility index (Phi) is 6.35. The first kappa shape index (κ1) is 19.9. The molecule has 0 radical (unpaired) electrons. The SMILES string of the molecule is COC(CNC(=O)C(=O)Nc1ccc(-c2nc3ccc(C)cc3s2)cc1)OC. The van der Waals surface area contributed by atoms with E-state index in [1.165, 1.54) is 19.8 Å². The molecule has 28 heavy (non-hydrogen) atoms. The number of methoxy groups -OCH3 is 2. The first-order chi connectivity index (χ1) is 13.5. The second-order valence-electron chi connectivity index (χ2n) is 6.13. The fraction of sp³-hybridized carbons (Fsp3) is 0.250. The summed E-state index contributed by atoms with van der Waals surface area (Å²) in [6.45, 7) is 2.13. The molecule has 0 aliphatic rings. The molecule has 0 spiro atoms. The van der Waals surface area contributed by atoms with E-state index in [1.807, 2.05) is 24.3 Å². The van der Waals surface area contributed by atoms with E-state index in [1.54, 1.807) is 23.5 Å². The van der Waals surface area contributed by atoms with Crippen LogP contribution in [-0.2, 0) is 19.1 Å². The number of anilines is 1. The highest BCUT2D eigenvalue weighted by Gasteiger charge is 2.16. The van der Waals surface area contributed by atoms with Crippen LogP contribution in [-0.4, -0.2) is 43.9 Å². The molecule has 3 rings (SSSR count). The highest BCUT2D eigenvalue weighted by molar-refractivity contribution is 7.21. The zero-order chi connectivity index (χ0) is 20.1. The average molecular weight is 399 g/mol. The van der Waals surface area contributed by atoms with Crippen LogP contribution in [0.25, 0.3) is 20.8 Å². The second kappa shape index (κ2) is 8.92. The molecule has 0 aliphatic heterocycles. The Morgan fingerprint density at radius 3 is 2.46 bits per heavy atom. The van der Waals surface area contributed by atoms with Gasteiger partial charge in [0.05, 0.1) is 16.8 Å². The van der Waals surface area contributed by atoms with Gasteiger partial charge in [-0.25, -0.2) is 4.98 Å². The largest absolute Gasteiger partial charge is 0.354 e. The fourth-order valence-electron chi connectivity index (χ4n) is 2.56. The number of amides is 2. The Balaban J connectivity index is 1.63. The van der Waals surface area contributed by atoms with Gasteiger partial charge in [-0.1, -0.05) is 6.07 Å². The van der Waals surface area contributed by atoms with Crippen LogP contribution in [0.5, 0.6) is 0 Å². The number of aryl methyl sites for hydroxylation is 1. The smallest absolute Gasteiger partial charge is 0.313 e. The van der Waals surface area contributed by atoms with Crippen LogP contribution in [0.3, 0.4) is 0 Å². The molecule has 0 bridgehead atoms. The third kappa shape index (κ3) is 4.72. The molecule has 8 heteroatoms. The van der Waals surface area contributed by atoms with Gasteiger partial charge in [0.15, 0.2) is 6.29 Å². The van der Waals surface area contributed by atoms with Crippen molar-refractivity contribution in [2.24, 2.45) is 0 Å². The maximum absolute atomic E-state index is 12.0. The number of aromatic nitrogens is 1. The molecule has 2 aromatic carbocycles. The number of nitrogens with zero attached hydrogens (tertiary/aromatic N) is 1. The van der Waals surface area contributed by atoms with Crippen molar-refractivity contribution in [1.82, 2.24) is 10.3 Å². The summed E-state index contributed by atoms with van der Waals surface area (Å²) in [5, 5.41) is 5.92. The van der Waals surface area contributed by atoms with E-state index in [9.17, 15) is 9.59 Å². The zero-order valence-corrected chi connectivity index (χ0v) is 16.6. The Hall–Kier alpha value is -2.81. The number of carbonyl (C=O) groups excluding carboxylic acids is 2. The first-order valence-corrected chi connectivity index (χ1v) is 9.44. The minimum absolute atomic E-state index is 0.0786. The molecule has 2 amide bonds. The van der Waals surface area contributed by atoms with Crippen molar-refractivity contribution in [2.45, 2.75) is 13.2 Å². The van der Waals surface area contributed by atoms with Gasteiger partial charge in [0.25, 0.3) is 0 Å². The van der Waals surface area contributed by atoms with E-state index in [0.717, 1.165) is 20.8 Å². The maximum atomic E-state index is 12.0. The van der Waals surface area contributed by atoms with Crippen LogP contribution in [0.2, 0.25) is 0 Å². The van der Waals surface area contributed by atoms with Gasteiger partial charge >= 0.3 is 11.8 Å². The monoisotopic (exact) mass is 399 g/mol. The summed E-state index contributed by atoms with van der Waals surface area (Å²) in [7, 11) is 2.91. The Bertz CT molecular complexity index is 981. The lowest BCUT2D eigenvalue weighted by molar-refractivity contribution is -0.139. The predicted molar refractivity (Wildman–Crippen MR) is 109 cm³/mol. The summed E-state index contributed by atoms with van der Waals surface area (Å²) in [6, 6.07) is 13.4. The van der Waals surface area contributed by atoms with Crippen LogP contribution in [0.4, 0.5) is 5.69 Å². The summed E-state index contributed by atoms with van der Waals surface area (Å²) >= 11 is 1.62. The van der Waals surface area contributed by atoms with E-state index >= 15 is 0 Å². The second-order valence-corrected chi connectivity index (χ2v) is 7.16. The molecule has 3 aromatic rings. The van der Waals surface area contributed by atoms with Crippen LogP contribution in [0.15, 0.2) is 42.5 Å². The molecular weight excluding hydrogens is 378 g/mol. The van der Waals surface area contributed by atoms with Crippen molar-refractivity contribution >= 4 is 39.1 Å². The molecule has 0 saturated heterocycles. The molecular formula is C20H21N3O4S. The van der Waals surface area contributed by atoms with Gasteiger partial charge in [-0.15, -0.1) is 11.3 Å². The number of hydrogen-bond acceptors (Lipinski definition) is 6. The third-order valence-corrected chi connectivity index (χ3v) is 5.16. The summed E-state index contributed by atoms with van der Waals surface area (Å²) in [5.74, 6) is -1.51. The van der Waals surface area contributed by atoms with E-state index in [4.69, 9.17) is 9.47 Å². The van der Waals surface area contributed by atoms with E-state index < -0.39 is 18.1 Å². The van der Waals surface area contributed by atoms with Gasteiger partial charge in [0.1, 0.15) is 5.01 Å². The lowest BCUT2D eigenvalue weighted by Gasteiger charge is -2.13. The van der Waals surface area contributed by atoms with E-state index in [-0.39, 0.29) is 6.54 Å². The Morgan fingerprint density at radius 2 is 1.79 bits per heavy atom. The highest BCUT2D eigenvalue weighted by atomic mass is 32.1. The molecule has 7 nitrogen and oxygen atoms in total. The molecule has 0 saturated carbocycles. The maximum Gasteiger partial charge on any atom is 0.313 e. The number of benzene rings is 2. The fourth-order valence-corrected chi connectivity index (χ4v) is 3.63. The number of rotatable bonds is 6. The van der Waals surface area contributed by atoms with Crippen LogP contribution >= 0.6 is 11.3 Å². The lowest BCUT2D eigenvalue weighted by Crippen LogP contribution is -2.40. The molecule has 0 fully saturated rings. The number of hydrogen-bond donors (Lipinski definition) is 2. The quantitative estimate of drug-likeness (QED) is 0.491. The van der Waals surface area contributed by atoms with Gasteiger partial charge in [0, 0.05) is 25.5 Å². The van der Waals surface area contributed by atoms with Gasteiger partial charge in [-0.2, -0.15) is 0 Å². The molecule has 1 aromatic heterocycles. The van der Waals surface area contributed by atoms with Crippen molar-refractivity contribution in [3.63, 3.8) is 0 Å². The van der Waals surface area contributed by atoms with Gasteiger partial charge in [0.2, 0.25) is 0 Å². The lowest BCUT2D eigenvalue weighted by atomic mass is 10.2. The minimum atomic E-state index is -0.760. The Morgan fingerprint density at radius 1 is 1.07 bits per heavy atom. The van der Waals surface area contributed by atoms with Gasteiger partial charge in [-0.3, -0.25) is 9.59 Å². The van der Waals surface area contributed by atoms with E-state index in [2.05, 4.69) is 28.6 Å². The summed E-state index contributed by atoms with van der Waals surface area (Å²) in [4.78, 5) is 28.5. The summed E-state index contributed by atoms with van der Waals surface area (Å²) in [5.41, 5.74) is 3.63. The number of fused-ring (bicyclic) bond motifs is 1. The van der Waals surface area contributed by atoms with Crippen LogP contribution < -0.4 is 10.6 Å². The number of carbonyl (C=O) groups is 2. The molecule has 0 atom stereocenters. The van der Waals surface area contributed by atoms with Crippen LogP contribution in [0.1, 0.15) is 5.56 Å². The van der Waals surface area contributed by atoms with Crippen molar-refractivity contribution < 1.29 is 19.1 Å². The molecule has 146 valence electrons. The third-order valence-electron chi connectivity index (χ3n) is 4.09. The van der Waals surface area contributed by atoms with Crippen molar-refractivity contribution in [3.8, 4) is 10.6 Å². The molecule has 1 heterocycles. The minimum Gasteiger partial charge on any atom is -0.354 e.